The highest BCUT2D eigenvalue weighted by atomic mass is 16.5. The summed E-state index contributed by atoms with van der Waals surface area (Å²) in [5.41, 5.74) is 3.08. The number of benzene rings is 1. The van der Waals surface area contributed by atoms with Gasteiger partial charge in [-0.05, 0) is 74.3 Å². The largest absolute Gasteiger partial charge is 0.462 e. The van der Waals surface area contributed by atoms with Crippen LogP contribution in [0.3, 0.4) is 0 Å². The zero-order valence-electron chi connectivity index (χ0n) is 19.6. The summed E-state index contributed by atoms with van der Waals surface area (Å²) in [7, 11) is 1.68. The number of hydrogen-bond acceptors (Lipinski definition) is 4. The summed E-state index contributed by atoms with van der Waals surface area (Å²) in [6, 6.07) is 9.38. The van der Waals surface area contributed by atoms with Crippen molar-refractivity contribution in [2.75, 3.05) is 26.9 Å². The van der Waals surface area contributed by atoms with Crippen molar-refractivity contribution in [1.82, 2.24) is 0 Å². The van der Waals surface area contributed by atoms with E-state index < -0.39 is 5.97 Å². The van der Waals surface area contributed by atoms with E-state index in [4.69, 9.17) is 14.6 Å². The molecule has 1 aromatic carbocycles. The second-order valence-electron chi connectivity index (χ2n) is 9.18. The van der Waals surface area contributed by atoms with E-state index in [1.54, 1.807) is 7.11 Å². The van der Waals surface area contributed by atoms with Gasteiger partial charge in [-0.3, -0.25) is 0 Å². The van der Waals surface area contributed by atoms with Gasteiger partial charge in [0.2, 0.25) is 0 Å². The van der Waals surface area contributed by atoms with E-state index in [0.717, 1.165) is 18.8 Å². The Labute approximate surface area is 189 Å². The molecular formula is C27H42O4. The van der Waals surface area contributed by atoms with Crippen molar-refractivity contribution >= 4 is 5.97 Å². The van der Waals surface area contributed by atoms with Crippen molar-refractivity contribution in [3.8, 4) is 0 Å². The number of esters is 1. The van der Waals surface area contributed by atoms with Crippen molar-refractivity contribution in [3.63, 3.8) is 0 Å². The highest BCUT2D eigenvalue weighted by Gasteiger charge is 2.23. The third kappa shape index (κ3) is 9.16. The van der Waals surface area contributed by atoms with Crippen molar-refractivity contribution in [2.24, 2.45) is 11.8 Å². The molecule has 1 aromatic rings. The number of rotatable bonds is 14. The first-order chi connectivity index (χ1) is 15.1. The van der Waals surface area contributed by atoms with E-state index >= 15 is 0 Å². The smallest absolute Gasteiger partial charge is 0.335 e. The fourth-order valence-electron chi connectivity index (χ4n) is 4.60. The van der Waals surface area contributed by atoms with E-state index in [2.05, 4.69) is 37.8 Å². The third-order valence-electron chi connectivity index (χ3n) is 6.68. The average molecular weight is 431 g/mol. The Bertz CT molecular complexity index is 644. The lowest BCUT2D eigenvalue weighted by Gasteiger charge is -2.30. The predicted molar refractivity (Wildman–Crippen MR) is 126 cm³/mol. The van der Waals surface area contributed by atoms with Gasteiger partial charge in [0.15, 0.2) is 0 Å². The van der Waals surface area contributed by atoms with Crippen LogP contribution < -0.4 is 0 Å². The number of aliphatic hydroxyl groups is 1. The van der Waals surface area contributed by atoms with Crippen LogP contribution in [-0.2, 0) is 20.7 Å². The molecule has 1 aliphatic carbocycles. The minimum absolute atomic E-state index is 0.100. The number of carbonyl (C=O) groups excluding carboxylic acids is 1. The summed E-state index contributed by atoms with van der Waals surface area (Å²) in [4.78, 5) is 11.7. The molecule has 1 N–H and O–H groups in total. The van der Waals surface area contributed by atoms with Crippen LogP contribution in [-0.4, -0.2) is 38.0 Å². The van der Waals surface area contributed by atoms with E-state index in [0.29, 0.717) is 19.1 Å². The van der Waals surface area contributed by atoms with E-state index in [9.17, 15) is 4.79 Å². The lowest BCUT2D eigenvalue weighted by atomic mass is 9.76. The fraction of sp³-hybridized carbons (Fsp3) is 0.667. The second kappa shape index (κ2) is 14.4. The van der Waals surface area contributed by atoms with Crippen molar-refractivity contribution in [2.45, 2.75) is 77.0 Å². The zero-order chi connectivity index (χ0) is 22.5. The molecule has 0 radical (unpaired) electrons. The molecule has 0 aromatic heterocycles. The van der Waals surface area contributed by atoms with Gasteiger partial charge in [-0.1, -0.05) is 50.6 Å². The monoisotopic (exact) mass is 430 g/mol. The normalized spacial score (nSPS) is 19.7. The van der Waals surface area contributed by atoms with Gasteiger partial charge in [-0.25, -0.2) is 4.79 Å². The maximum atomic E-state index is 11.7. The van der Waals surface area contributed by atoms with E-state index in [1.807, 2.05) is 0 Å². The number of unbranched alkanes of at least 4 members (excludes halogenated alkanes) is 2. The fourth-order valence-corrected chi connectivity index (χ4v) is 4.60. The molecule has 1 fully saturated rings. The Hall–Kier alpha value is -1.65. The topological polar surface area (TPSA) is 55.8 Å². The molecule has 174 valence electrons. The number of aryl methyl sites for hydroxylation is 1. The van der Waals surface area contributed by atoms with Crippen LogP contribution in [0, 0.1) is 11.8 Å². The molecule has 1 unspecified atom stereocenters. The Morgan fingerprint density at radius 2 is 1.84 bits per heavy atom. The van der Waals surface area contributed by atoms with Gasteiger partial charge in [0, 0.05) is 13.0 Å². The molecular weight excluding hydrogens is 388 g/mol. The van der Waals surface area contributed by atoms with Crippen molar-refractivity contribution in [1.29, 1.82) is 0 Å². The highest BCUT2D eigenvalue weighted by molar-refractivity contribution is 5.87. The summed E-state index contributed by atoms with van der Waals surface area (Å²) < 4.78 is 10.6. The molecule has 0 aliphatic heterocycles. The first-order valence-corrected chi connectivity index (χ1v) is 12.1. The third-order valence-corrected chi connectivity index (χ3v) is 6.68. The van der Waals surface area contributed by atoms with Gasteiger partial charge >= 0.3 is 5.97 Å². The molecule has 0 bridgehead atoms. The van der Waals surface area contributed by atoms with Crippen LogP contribution >= 0.6 is 0 Å². The molecule has 1 aliphatic rings. The van der Waals surface area contributed by atoms with Gasteiger partial charge in [0.1, 0.15) is 0 Å². The van der Waals surface area contributed by atoms with Gasteiger partial charge in [0.25, 0.3) is 0 Å². The van der Waals surface area contributed by atoms with Crippen molar-refractivity contribution < 1.29 is 19.4 Å². The maximum Gasteiger partial charge on any atom is 0.335 e. The van der Waals surface area contributed by atoms with Crippen LogP contribution in [0.4, 0.5) is 0 Å². The number of methoxy groups -OCH3 is 1. The summed E-state index contributed by atoms with van der Waals surface area (Å²) in [6.45, 7) is 6.31. The Kier molecular flexibility index (Phi) is 11.9. The Morgan fingerprint density at radius 3 is 2.45 bits per heavy atom. The SMILES string of the molecule is C=C(CO)C(=O)OCC(CCC1CCC(c2ccc(CCCCC)cc2)CC1)COC. The molecule has 31 heavy (non-hydrogen) atoms. The standard InChI is InChI=1S/C27H42O4/c1-4-5-6-7-22-10-14-25(15-11-22)26-16-12-23(13-17-26)8-9-24(19-30-3)20-31-27(29)21(2)18-28/h10-11,14-15,23-24,26,28H,2,4-9,12-13,16-20H2,1,3H3. The molecule has 0 saturated heterocycles. The molecule has 4 nitrogen and oxygen atoms in total. The quantitative estimate of drug-likeness (QED) is 0.229. The summed E-state index contributed by atoms with van der Waals surface area (Å²) in [5.74, 6) is 1.12. The molecule has 0 amide bonds. The Morgan fingerprint density at radius 1 is 1.13 bits per heavy atom. The van der Waals surface area contributed by atoms with Crippen LogP contribution in [0.5, 0.6) is 0 Å². The van der Waals surface area contributed by atoms with Crippen LogP contribution in [0.15, 0.2) is 36.4 Å². The van der Waals surface area contributed by atoms with Gasteiger partial charge in [0.05, 0.1) is 25.4 Å². The highest BCUT2D eigenvalue weighted by Crippen LogP contribution is 2.38. The lowest BCUT2D eigenvalue weighted by molar-refractivity contribution is -0.141. The average Bonchev–Trinajstić information content (AvgIpc) is 2.81. The summed E-state index contributed by atoms with van der Waals surface area (Å²) in [6.07, 6.45) is 12.3. The van der Waals surface area contributed by atoms with Crippen LogP contribution in [0.2, 0.25) is 0 Å². The Balaban J connectivity index is 1.72. The lowest BCUT2D eigenvalue weighted by Crippen LogP contribution is -2.21. The number of ether oxygens (including phenoxy) is 2. The zero-order valence-corrected chi connectivity index (χ0v) is 19.6. The van der Waals surface area contributed by atoms with E-state index in [-0.39, 0.29) is 18.1 Å². The minimum atomic E-state index is -0.513. The van der Waals surface area contributed by atoms with Gasteiger partial charge in [-0.2, -0.15) is 0 Å². The van der Waals surface area contributed by atoms with Gasteiger partial charge < -0.3 is 14.6 Å². The minimum Gasteiger partial charge on any atom is -0.462 e. The first-order valence-electron chi connectivity index (χ1n) is 12.1. The molecule has 4 heteroatoms. The second-order valence-corrected chi connectivity index (χ2v) is 9.18. The molecule has 1 atom stereocenters. The summed E-state index contributed by atoms with van der Waals surface area (Å²) >= 11 is 0. The maximum absolute atomic E-state index is 11.7. The number of hydrogen-bond donors (Lipinski definition) is 1. The number of aliphatic hydroxyl groups excluding tert-OH is 1. The summed E-state index contributed by atoms with van der Waals surface area (Å²) in [5, 5.41) is 8.98. The number of carbonyl (C=O) groups is 1. The molecule has 2 rings (SSSR count). The molecule has 0 heterocycles. The molecule has 1 saturated carbocycles. The predicted octanol–water partition coefficient (Wildman–Crippen LogP) is 5.83. The van der Waals surface area contributed by atoms with E-state index in [1.165, 1.54) is 62.5 Å². The first kappa shape index (κ1) is 25.6. The van der Waals surface area contributed by atoms with Gasteiger partial charge in [-0.15, -0.1) is 0 Å². The van der Waals surface area contributed by atoms with Crippen molar-refractivity contribution in [3.05, 3.63) is 47.5 Å². The van der Waals surface area contributed by atoms with Crippen LogP contribution in [0.25, 0.3) is 0 Å². The van der Waals surface area contributed by atoms with Crippen LogP contribution in [0.1, 0.15) is 81.8 Å². The molecule has 0 spiro atoms.